The van der Waals surface area contributed by atoms with Gasteiger partial charge in [0.15, 0.2) is 0 Å². The van der Waals surface area contributed by atoms with Crippen LogP contribution in [0.3, 0.4) is 0 Å². The van der Waals surface area contributed by atoms with Crippen LogP contribution < -0.4 is 0 Å². The Morgan fingerprint density at radius 3 is 2.67 bits per heavy atom. The summed E-state index contributed by atoms with van der Waals surface area (Å²) in [7, 11) is -3.30. The molecule has 0 aliphatic carbocycles. The summed E-state index contributed by atoms with van der Waals surface area (Å²) >= 11 is 2.61. The number of rotatable bonds is 2. The molecule has 3 aromatic heterocycles. The average Bonchev–Trinajstić information content (AvgIpc) is 3.09. The standard InChI is InChI=1S/C12H8N4O2S3/c1-21(17,18)12-15-16-6-8(14-11(16)20-12)10-13-7-4-2-3-5-9(7)19-10/h2-6H,1H3. The number of hydrogen-bond donors (Lipinski definition) is 0. The second-order valence-electron chi connectivity index (χ2n) is 4.48. The molecule has 0 unspecified atom stereocenters. The van der Waals surface area contributed by atoms with Crippen LogP contribution in [0.5, 0.6) is 0 Å². The van der Waals surface area contributed by atoms with E-state index in [-0.39, 0.29) is 4.34 Å². The van der Waals surface area contributed by atoms with Crippen LogP contribution in [0.1, 0.15) is 0 Å². The van der Waals surface area contributed by atoms with Crippen LogP contribution in [0, 0.1) is 0 Å². The summed E-state index contributed by atoms with van der Waals surface area (Å²) in [5.74, 6) is 0. The van der Waals surface area contributed by atoms with Gasteiger partial charge in [-0.15, -0.1) is 16.4 Å². The van der Waals surface area contributed by atoms with E-state index in [0.717, 1.165) is 32.8 Å². The Morgan fingerprint density at radius 2 is 1.95 bits per heavy atom. The monoisotopic (exact) mass is 336 g/mol. The Morgan fingerprint density at radius 1 is 1.14 bits per heavy atom. The molecule has 0 aliphatic heterocycles. The molecule has 0 saturated carbocycles. The number of imidazole rings is 1. The minimum absolute atomic E-state index is 0.0702. The molecule has 0 bridgehead atoms. The van der Waals surface area contributed by atoms with Gasteiger partial charge in [0.05, 0.1) is 16.4 Å². The Labute approximate surface area is 127 Å². The second-order valence-corrected chi connectivity index (χ2v) is 8.66. The Kier molecular flexibility index (Phi) is 2.65. The van der Waals surface area contributed by atoms with Crippen LogP contribution in [0.2, 0.25) is 0 Å². The molecule has 9 heteroatoms. The van der Waals surface area contributed by atoms with E-state index in [9.17, 15) is 8.42 Å². The molecule has 0 radical (unpaired) electrons. The molecule has 3 heterocycles. The normalized spacial score (nSPS) is 12.4. The smallest absolute Gasteiger partial charge is 0.232 e. The highest BCUT2D eigenvalue weighted by Crippen LogP contribution is 2.30. The van der Waals surface area contributed by atoms with Gasteiger partial charge in [0, 0.05) is 6.26 Å². The van der Waals surface area contributed by atoms with E-state index in [1.54, 1.807) is 17.5 Å². The molecule has 106 valence electrons. The highest BCUT2D eigenvalue weighted by molar-refractivity contribution is 7.92. The molecule has 0 fully saturated rings. The van der Waals surface area contributed by atoms with Crippen molar-refractivity contribution in [1.29, 1.82) is 0 Å². The maximum absolute atomic E-state index is 11.5. The quantitative estimate of drug-likeness (QED) is 0.562. The predicted molar refractivity (Wildman–Crippen MR) is 82.6 cm³/mol. The Bertz CT molecular complexity index is 1010. The highest BCUT2D eigenvalue weighted by atomic mass is 32.2. The molecule has 21 heavy (non-hydrogen) atoms. The van der Waals surface area contributed by atoms with Gasteiger partial charge in [-0.25, -0.2) is 22.9 Å². The van der Waals surface area contributed by atoms with Crippen LogP contribution in [0.15, 0.2) is 34.8 Å². The molecule has 4 aromatic rings. The highest BCUT2D eigenvalue weighted by Gasteiger charge is 2.17. The van der Waals surface area contributed by atoms with E-state index >= 15 is 0 Å². The molecular weight excluding hydrogens is 328 g/mol. The summed E-state index contributed by atoms with van der Waals surface area (Å²) in [6.07, 6.45) is 2.85. The summed E-state index contributed by atoms with van der Waals surface area (Å²) in [6.45, 7) is 0. The van der Waals surface area contributed by atoms with Crippen molar-refractivity contribution in [3.05, 3.63) is 30.5 Å². The van der Waals surface area contributed by atoms with Crippen molar-refractivity contribution >= 4 is 47.7 Å². The van der Waals surface area contributed by atoms with Gasteiger partial charge in [-0.1, -0.05) is 23.5 Å². The zero-order chi connectivity index (χ0) is 14.6. The van der Waals surface area contributed by atoms with E-state index in [4.69, 9.17) is 0 Å². The number of thiazole rings is 1. The van der Waals surface area contributed by atoms with Crippen molar-refractivity contribution in [2.75, 3.05) is 6.26 Å². The summed E-state index contributed by atoms with van der Waals surface area (Å²) in [5, 5.41) is 4.85. The lowest BCUT2D eigenvalue weighted by Gasteiger charge is -1.87. The zero-order valence-electron chi connectivity index (χ0n) is 10.7. The molecule has 0 amide bonds. The van der Waals surface area contributed by atoms with Crippen molar-refractivity contribution in [3.63, 3.8) is 0 Å². The number of para-hydroxylation sites is 1. The van der Waals surface area contributed by atoms with E-state index in [1.165, 1.54) is 4.52 Å². The number of aromatic nitrogens is 4. The Balaban J connectivity index is 1.85. The number of benzene rings is 1. The number of sulfone groups is 1. The number of fused-ring (bicyclic) bond motifs is 2. The van der Waals surface area contributed by atoms with Gasteiger partial charge in [0.25, 0.3) is 0 Å². The fraction of sp³-hybridized carbons (Fsp3) is 0.0833. The second kappa shape index (κ2) is 4.33. The van der Waals surface area contributed by atoms with Crippen molar-refractivity contribution < 1.29 is 8.42 Å². The molecule has 6 nitrogen and oxygen atoms in total. The van der Waals surface area contributed by atoms with Crippen molar-refractivity contribution in [1.82, 2.24) is 19.6 Å². The third-order valence-electron chi connectivity index (χ3n) is 2.85. The maximum atomic E-state index is 11.5. The van der Waals surface area contributed by atoms with Gasteiger partial charge in [-0.05, 0) is 12.1 Å². The van der Waals surface area contributed by atoms with Crippen LogP contribution in [-0.4, -0.2) is 34.3 Å². The van der Waals surface area contributed by atoms with Crippen molar-refractivity contribution in [2.45, 2.75) is 4.34 Å². The Hall–Kier alpha value is -1.84. The molecule has 1 aromatic carbocycles. The van der Waals surface area contributed by atoms with Crippen LogP contribution in [0.4, 0.5) is 0 Å². The fourth-order valence-corrected chi connectivity index (χ4v) is 4.52. The molecule has 0 atom stereocenters. The van der Waals surface area contributed by atoms with Crippen molar-refractivity contribution in [3.8, 4) is 10.7 Å². The third-order valence-corrected chi connectivity index (χ3v) is 6.51. The van der Waals surface area contributed by atoms with Crippen molar-refractivity contribution in [2.24, 2.45) is 0 Å². The van der Waals surface area contributed by atoms with E-state index in [0.29, 0.717) is 10.7 Å². The minimum atomic E-state index is -3.30. The summed E-state index contributed by atoms with van der Waals surface area (Å²) in [4.78, 5) is 9.49. The van der Waals surface area contributed by atoms with Gasteiger partial charge in [0.2, 0.25) is 19.1 Å². The lowest BCUT2D eigenvalue weighted by atomic mass is 10.3. The van der Waals surface area contributed by atoms with E-state index < -0.39 is 9.84 Å². The van der Waals surface area contributed by atoms with Crippen LogP contribution >= 0.6 is 22.7 Å². The summed E-state index contributed by atoms with van der Waals surface area (Å²) in [6, 6.07) is 7.87. The zero-order valence-corrected chi connectivity index (χ0v) is 13.2. The third kappa shape index (κ3) is 2.13. The molecule has 0 aliphatic rings. The number of hydrogen-bond acceptors (Lipinski definition) is 7. The lowest BCUT2D eigenvalue weighted by Crippen LogP contribution is -1.96. The van der Waals surface area contributed by atoms with E-state index in [2.05, 4.69) is 15.1 Å². The molecule has 0 N–H and O–H groups in total. The van der Waals surface area contributed by atoms with Crippen LogP contribution in [0.25, 0.3) is 25.9 Å². The van der Waals surface area contributed by atoms with Gasteiger partial charge in [0.1, 0.15) is 10.7 Å². The average molecular weight is 336 g/mol. The van der Waals surface area contributed by atoms with E-state index in [1.807, 2.05) is 24.3 Å². The van der Waals surface area contributed by atoms with Gasteiger partial charge < -0.3 is 0 Å². The molecule has 0 saturated heterocycles. The first-order valence-electron chi connectivity index (χ1n) is 5.93. The first kappa shape index (κ1) is 12.9. The maximum Gasteiger partial charge on any atom is 0.232 e. The molecule has 4 rings (SSSR count). The molecular formula is C12H8N4O2S3. The first-order valence-corrected chi connectivity index (χ1v) is 9.45. The number of nitrogens with zero attached hydrogens (tertiary/aromatic N) is 4. The van der Waals surface area contributed by atoms with Gasteiger partial charge in [-0.3, -0.25) is 0 Å². The van der Waals surface area contributed by atoms with Crippen LogP contribution in [-0.2, 0) is 9.84 Å². The SMILES string of the molecule is CS(=O)(=O)c1nn2cc(-c3nc4ccccc4s3)nc2s1. The summed E-state index contributed by atoms with van der Waals surface area (Å²) < 4.78 is 25.6. The van der Waals surface area contributed by atoms with Gasteiger partial charge >= 0.3 is 0 Å². The largest absolute Gasteiger partial charge is 0.234 e. The first-order chi connectivity index (χ1) is 10.0. The topological polar surface area (TPSA) is 77.2 Å². The minimum Gasteiger partial charge on any atom is -0.234 e. The van der Waals surface area contributed by atoms with Gasteiger partial charge in [-0.2, -0.15) is 0 Å². The molecule has 0 spiro atoms. The predicted octanol–water partition coefficient (Wildman–Crippen LogP) is 2.47. The lowest BCUT2D eigenvalue weighted by molar-refractivity contribution is 0.599. The summed E-state index contributed by atoms with van der Waals surface area (Å²) in [5.41, 5.74) is 1.63. The fourth-order valence-electron chi connectivity index (χ4n) is 1.92.